The van der Waals surface area contributed by atoms with E-state index in [1.165, 1.54) is 0 Å². The van der Waals surface area contributed by atoms with E-state index in [9.17, 15) is 47.9 Å². The number of carbonyl (C=O) groups excluding carboxylic acids is 10. The summed E-state index contributed by atoms with van der Waals surface area (Å²) in [6.07, 6.45) is 0. The van der Waals surface area contributed by atoms with E-state index in [-0.39, 0.29) is 160 Å². The van der Waals surface area contributed by atoms with E-state index in [1.54, 1.807) is 36.4 Å². The molecule has 1 aliphatic carbocycles. The van der Waals surface area contributed by atoms with Gasteiger partial charge in [-0.25, -0.2) is 28.8 Å². The van der Waals surface area contributed by atoms with Gasteiger partial charge in [0.1, 0.15) is 0 Å². The number of hydrogen-bond donors (Lipinski definition) is 0. The fourth-order valence-electron chi connectivity index (χ4n) is 9.62. The Balaban J connectivity index is 0.000000597. The third-order valence-corrected chi connectivity index (χ3v) is 14.5. The highest BCUT2D eigenvalue weighted by atomic mass is 16.6. The first-order chi connectivity index (χ1) is 49.0. The van der Waals surface area contributed by atoms with E-state index < -0.39 is 123 Å². The van der Waals surface area contributed by atoms with Crippen molar-refractivity contribution in [2.45, 2.75) is 138 Å². The Labute approximate surface area is 611 Å². The Bertz CT molecular complexity index is 2920. The Morgan fingerprint density at radius 3 is 0.442 bits per heavy atom. The lowest BCUT2D eigenvalue weighted by Gasteiger charge is -2.45. The molecule has 0 bridgehead atoms. The Morgan fingerprint density at radius 2 is 0.327 bits per heavy atom. The molecule has 26 heteroatoms. The van der Waals surface area contributed by atoms with Crippen molar-refractivity contribution in [3.05, 3.63) is 36.4 Å². The van der Waals surface area contributed by atoms with E-state index in [4.69, 9.17) is 75.8 Å². The molecule has 0 aromatic heterocycles. The molecule has 1 saturated carbocycles. The molecule has 26 nitrogen and oxygen atoms in total. The van der Waals surface area contributed by atoms with Gasteiger partial charge >= 0.3 is 59.7 Å². The van der Waals surface area contributed by atoms with E-state index >= 15 is 0 Å². The van der Waals surface area contributed by atoms with Crippen LogP contribution in [0.5, 0.6) is 34.5 Å². The van der Waals surface area contributed by atoms with E-state index in [2.05, 4.69) is 0 Å². The summed E-state index contributed by atoms with van der Waals surface area (Å²) >= 11 is 0. The van der Waals surface area contributed by atoms with E-state index in [1.807, 2.05) is 138 Å². The van der Waals surface area contributed by atoms with Crippen molar-refractivity contribution in [2.24, 2.45) is 82.9 Å². The van der Waals surface area contributed by atoms with Gasteiger partial charge in [0.05, 0.1) is 89.7 Å². The average molecular weight is 1470 g/mol. The quantitative estimate of drug-likeness (QED) is 0.0226. The number of esters is 10. The molecule has 0 spiro atoms. The summed E-state index contributed by atoms with van der Waals surface area (Å²) in [5, 5.41) is 2.76. The third-order valence-electron chi connectivity index (χ3n) is 14.5. The van der Waals surface area contributed by atoms with Crippen LogP contribution >= 0.6 is 0 Å². The molecule has 0 aliphatic heterocycles. The third kappa shape index (κ3) is 29.7. The van der Waals surface area contributed by atoms with E-state index in [0.717, 1.165) is 0 Å². The van der Waals surface area contributed by atoms with Gasteiger partial charge in [-0.1, -0.05) is 138 Å². The van der Waals surface area contributed by atoms with Gasteiger partial charge in [-0.2, -0.15) is 0 Å². The minimum Gasteiger partial charge on any atom is -0.478 e. The van der Waals surface area contributed by atoms with Crippen LogP contribution in [0.4, 0.5) is 0 Å². The lowest BCUT2D eigenvalue weighted by molar-refractivity contribution is -0.201. The molecular weight excluding hydrogens is 1350 g/mol. The first kappa shape index (κ1) is 87.6. The van der Waals surface area contributed by atoms with Crippen molar-refractivity contribution in [1.82, 2.24) is 0 Å². The number of benzene rings is 4. The van der Waals surface area contributed by atoms with Gasteiger partial charge in [-0.05, 0) is 128 Å². The van der Waals surface area contributed by atoms with Crippen LogP contribution in [0.1, 0.15) is 138 Å². The molecule has 5 rings (SSSR count). The molecule has 0 unspecified atom stereocenters. The van der Waals surface area contributed by atoms with Crippen LogP contribution in [0.3, 0.4) is 0 Å². The Kier molecular flexibility index (Phi) is 36.6. The summed E-state index contributed by atoms with van der Waals surface area (Å²) in [4.78, 5) is 129. The van der Waals surface area contributed by atoms with Crippen molar-refractivity contribution in [3.8, 4) is 34.5 Å². The Morgan fingerprint density at radius 1 is 0.212 bits per heavy atom. The molecule has 0 amide bonds. The molecule has 4 aromatic carbocycles. The molecule has 0 atom stereocenters. The summed E-state index contributed by atoms with van der Waals surface area (Å²) in [6, 6.07) is 9.61. The van der Waals surface area contributed by atoms with Crippen LogP contribution in [0, 0.1) is 82.9 Å². The van der Waals surface area contributed by atoms with Crippen molar-refractivity contribution < 1.29 is 124 Å². The van der Waals surface area contributed by atoms with Crippen molar-refractivity contribution in [1.29, 1.82) is 0 Å². The predicted molar refractivity (Wildman–Crippen MR) is 384 cm³/mol. The number of fused-ring (bicyclic) bond motifs is 6. The molecule has 4 aromatic rings. The zero-order chi connectivity index (χ0) is 77.7. The maximum Gasteiger partial charge on any atom is 0.344 e. The second-order valence-corrected chi connectivity index (χ2v) is 29.9. The molecule has 104 heavy (non-hydrogen) atoms. The number of hydrogen-bond acceptors (Lipinski definition) is 26. The summed E-state index contributed by atoms with van der Waals surface area (Å²) < 4.78 is 90.2. The minimum absolute atomic E-state index is 0.0403. The molecule has 0 heterocycles. The van der Waals surface area contributed by atoms with Crippen molar-refractivity contribution in [2.75, 3.05) is 106 Å². The summed E-state index contributed by atoms with van der Waals surface area (Å²) in [5.41, 5.74) is 0. The SMILES string of the molecule is CC(C)COC(=O)C1C(C(=O)OCC(C)C)C(C(=O)OCC(C)C)C1C(=O)OCC(C)C.CC(C)COC(=O)COc1cc2c3cc(OCC(=O)OCC(C)C)c(OCC(=O)OCC(C)C)cc3c3cc(OCC(=O)OCC(C)C)c(OCC(=O)OCC(C)C)cc3c2cc1OCC(=O)OCC(C)C. The maximum absolute atomic E-state index is 12.9. The highest BCUT2D eigenvalue weighted by Gasteiger charge is 2.66. The largest absolute Gasteiger partial charge is 0.478 e. The van der Waals surface area contributed by atoms with Gasteiger partial charge < -0.3 is 75.8 Å². The van der Waals surface area contributed by atoms with Crippen LogP contribution in [0.25, 0.3) is 32.3 Å². The minimum atomic E-state index is -1.15. The second-order valence-electron chi connectivity index (χ2n) is 29.9. The molecule has 0 radical (unpaired) electrons. The fraction of sp³-hybridized carbons (Fsp3) is 0.641. The van der Waals surface area contributed by atoms with Gasteiger partial charge in [-0.3, -0.25) is 19.2 Å². The van der Waals surface area contributed by atoms with Crippen molar-refractivity contribution in [3.63, 3.8) is 0 Å². The standard InChI is InChI=1S/C54H72O18.C24H40O8/c1-31(2)19-67-49(55)25-61-43-13-37-38(14-44(43)62-26-50(56)68-20-32(3)4)40-16-46(64-28-52(58)70-22-34(7)8)48(66-30-54(60)72-24-36(11)12)18-42(40)41-17-47(65-29-53(59)71-23-35(9)10)45(15-39(37)41)63-27-51(57)69-21-33(5)6;1-13(2)9-29-21(25)17-18(22(26)30-10-14(3)4)20(24(28)32-12-16(7)8)19(17)23(27)31-11-15(5)6/h13-18,31-36H,19-30H2,1-12H3;13-20H,9-12H2,1-8H3. The topological polar surface area (TPSA) is 318 Å². The van der Waals surface area contributed by atoms with Gasteiger partial charge in [0.2, 0.25) is 0 Å². The predicted octanol–water partition coefficient (Wildman–Crippen LogP) is 11.9. The number of rotatable bonds is 42. The Hall–Kier alpha value is -8.84. The van der Waals surface area contributed by atoms with Crippen LogP contribution in [0.15, 0.2) is 36.4 Å². The zero-order valence-corrected chi connectivity index (χ0v) is 64.5. The number of ether oxygens (including phenoxy) is 16. The van der Waals surface area contributed by atoms with Crippen LogP contribution in [0.2, 0.25) is 0 Å². The highest BCUT2D eigenvalue weighted by Crippen LogP contribution is 2.50. The fourth-order valence-corrected chi connectivity index (χ4v) is 9.62. The molecule has 0 N–H and O–H groups in total. The van der Waals surface area contributed by atoms with Gasteiger partial charge in [0, 0.05) is 0 Å². The van der Waals surface area contributed by atoms with Crippen LogP contribution in [-0.4, -0.2) is 165 Å². The molecule has 580 valence electrons. The first-order valence-corrected chi connectivity index (χ1v) is 35.9. The van der Waals surface area contributed by atoms with Gasteiger partial charge in [0.25, 0.3) is 0 Å². The van der Waals surface area contributed by atoms with E-state index in [0.29, 0.717) is 32.3 Å². The summed E-state index contributed by atoms with van der Waals surface area (Å²) in [7, 11) is 0. The summed E-state index contributed by atoms with van der Waals surface area (Å²) in [6.45, 7) is 36.1. The molecule has 1 aliphatic rings. The van der Waals surface area contributed by atoms with Gasteiger partial charge in [-0.15, -0.1) is 0 Å². The molecular formula is C78H112O26. The first-order valence-electron chi connectivity index (χ1n) is 35.9. The molecule has 1 fully saturated rings. The van der Waals surface area contributed by atoms with Crippen LogP contribution in [-0.2, 0) is 95.3 Å². The maximum atomic E-state index is 12.9. The average Bonchev–Trinajstić information content (AvgIpc) is 0.737. The highest BCUT2D eigenvalue weighted by molar-refractivity contribution is 6.27. The summed E-state index contributed by atoms with van der Waals surface area (Å²) in [5.74, 6) is -10.5. The smallest absolute Gasteiger partial charge is 0.344 e. The number of carbonyl (C=O) groups is 10. The van der Waals surface area contributed by atoms with Gasteiger partial charge in [0.15, 0.2) is 74.1 Å². The van der Waals surface area contributed by atoms with Crippen molar-refractivity contribution >= 4 is 92.0 Å². The van der Waals surface area contributed by atoms with Crippen LogP contribution < -0.4 is 28.4 Å². The lowest BCUT2D eigenvalue weighted by atomic mass is 9.56. The molecule has 0 saturated heterocycles. The normalized spacial score (nSPS) is 14.9. The lowest BCUT2D eigenvalue weighted by Crippen LogP contribution is -2.61. The zero-order valence-electron chi connectivity index (χ0n) is 64.5. The monoisotopic (exact) mass is 1460 g/mol. The second kappa shape index (κ2) is 43.4.